The molecule has 0 aliphatic rings. The molecule has 0 fully saturated rings. The molecule has 0 spiro atoms. The molecular formula is C9H15NO2. The zero-order valence-corrected chi connectivity index (χ0v) is 8.00. The second-order valence-corrected chi connectivity index (χ2v) is 3.40. The van der Waals surface area contributed by atoms with Gasteiger partial charge < -0.3 is 9.26 Å². The van der Waals surface area contributed by atoms with Crippen molar-refractivity contribution in [1.29, 1.82) is 0 Å². The van der Waals surface area contributed by atoms with E-state index in [1.807, 2.05) is 13.8 Å². The summed E-state index contributed by atoms with van der Waals surface area (Å²) in [5.41, 5.74) is 1.03. The van der Waals surface area contributed by atoms with Crippen LogP contribution in [0.15, 0.2) is 10.8 Å². The largest absolute Gasteiger partial charge is 0.473 e. The number of hydrogen-bond acceptors (Lipinski definition) is 3. The standard InChI is InChI=1S/C9H15NO2/c1-6(2)8-5-11-10-9(8)12-7(3)4/h5-7H,1-4H3. The van der Waals surface area contributed by atoms with Crippen molar-refractivity contribution in [2.75, 3.05) is 0 Å². The zero-order valence-electron chi connectivity index (χ0n) is 8.00. The van der Waals surface area contributed by atoms with E-state index >= 15 is 0 Å². The van der Waals surface area contributed by atoms with Crippen LogP contribution in [0.1, 0.15) is 39.2 Å². The molecule has 1 aromatic rings. The Morgan fingerprint density at radius 2 is 2.00 bits per heavy atom. The van der Waals surface area contributed by atoms with Crippen molar-refractivity contribution >= 4 is 0 Å². The fourth-order valence-corrected chi connectivity index (χ4v) is 0.930. The van der Waals surface area contributed by atoms with E-state index in [1.54, 1.807) is 6.26 Å². The van der Waals surface area contributed by atoms with Gasteiger partial charge in [-0.25, -0.2) is 0 Å². The lowest BCUT2D eigenvalue weighted by molar-refractivity contribution is 0.216. The fourth-order valence-electron chi connectivity index (χ4n) is 0.930. The molecule has 0 amide bonds. The molecule has 0 saturated heterocycles. The van der Waals surface area contributed by atoms with E-state index in [-0.39, 0.29) is 6.10 Å². The van der Waals surface area contributed by atoms with Crippen molar-refractivity contribution in [3.8, 4) is 5.88 Å². The first-order valence-corrected chi connectivity index (χ1v) is 4.22. The number of aromatic nitrogens is 1. The first kappa shape index (κ1) is 9.10. The van der Waals surface area contributed by atoms with Gasteiger partial charge in [0, 0.05) is 0 Å². The lowest BCUT2D eigenvalue weighted by Gasteiger charge is -2.08. The lowest BCUT2D eigenvalue weighted by atomic mass is 10.1. The van der Waals surface area contributed by atoms with E-state index in [1.165, 1.54) is 0 Å². The predicted molar refractivity (Wildman–Crippen MR) is 46.4 cm³/mol. The summed E-state index contributed by atoms with van der Waals surface area (Å²) >= 11 is 0. The minimum atomic E-state index is 0.146. The van der Waals surface area contributed by atoms with Crippen molar-refractivity contribution in [2.24, 2.45) is 0 Å². The van der Waals surface area contributed by atoms with E-state index in [4.69, 9.17) is 9.26 Å². The van der Waals surface area contributed by atoms with Gasteiger partial charge in [-0.05, 0) is 24.9 Å². The highest BCUT2D eigenvalue weighted by atomic mass is 16.5. The van der Waals surface area contributed by atoms with Crippen molar-refractivity contribution in [3.05, 3.63) is 11.8 Å². The minimum absolute atomic E-state index is 0.146. The van der Waals surface area contributed by atoms with Crippen LogP contribution in [0.5, 0.6) is 5.88 Å². The highest BCUT2D eigenvalue weighted by Gasteiger charge is 2.13. The fraction of sp³-hybridized carbons (Fsp3) is 0.667. The van der Waals surface area contributed by atoms with E-state index in [0.29, 0.717) is 11.8 Å². The first-order valence-electron chi connectivity index (χ1n) is 4.22. The van der Waals surface area contributed by atoms with Gasteiger partial charge in [-0.1, -0.05) is 13.8 Å². The van der Waals surface area contributed by atoms with Crippen LogP contribution in [0.3, 0.4) is 0 Å². The maximum atomic E-state index is 5.44. The van der Waals surface area contributed by atoms with E-state index < -0.39 is 0 Å². The molecule has 1 heterocycles. The summed E-state index contributed by atoms with van der Waals surface area (Å²) in [6.45, 7) is 8.11. The molecule has 0 N–H and O–H groups in total. The Hall–Kier alpha value is -0.990. The molecule has 1 aromatic heterocycles. The van der Waals surface area contributed by atoms with Crippen LogP contribution < -0.4 is 4.74 Å². The van der Waals surface area contributed by atoms with Crippen LogP contribution in [-0.4, -0.2) is 11.3 Å². The van der Waals surface area contributed by atoms with Crippen LogP contribution in [0.4, 0.5) is 0 Å². The van der Waals surface area contributed by atoms with Crippen LogP contribution in [0, 0.1) is 0 Å². The summed E-state index contributed by atoms with van der Waals surface area (Å²) in [7, 11) is 0. The van der Waals surface area contributed by atoms with Gasteiger partial charge in [0.15, 0.2) is 0 Å². The Morgan fingerprint density at radius 3 is 2.50 bits per heavy atom. The Bertz CT molecular complexity index is 240. The number of hydrogen-bond donors (Lipinski definition) is 0. The molecule has 3 heteroatoms. The normalized spacial score (nSPS) is 11.2. The van der Waals surface area contributed by atoms with Crippen LogP contribution >= 0.6 is 0 Å². The summed E-state index contributed by atoms with van der Waals surface area (Å²) in [5, 5.41) is 3.78. The van der Waals surface area contributed by atoms with E-state index in [2.05, 4.69) is 19.0 Å². The number of nitrogens with zero attached hydrogens (tertiary/aromatic N) is 1. The molecule has 0 aromatic carbocycles. The summed E-state index contributed by atoms with van der Waals surface area (Å²) < 4.78 is 10.3. The molecule has 0 aliphatic carbocycles. The first-order chi connectivity index (χ1) is 5.61. The highest BCUT2D eigenvalue weighted by Crippen LogP contribution is 2.25. The Balaban J connectivity index is 2.77. The van der Waals surface area contributed by atoms with Gasteiger partial charge in [0.1, 0.15) is 6.26 Å². The van der Waals surface area contributed by atoms with Gasteiger partial charge >= 0.3 is 0 Å². The van der Waals surface area contributed by atoms with Gasteiger partial charge in [0.2, 0.25) is 0 Å². The molecule has 68 valence electrons. The summed E-state index contributed by atoms with van der Waals surface area (Å²) in [6, 6.07) is 0. The molecule has 0 saturated carbocycles. The van der Waals surface area contributed by atoms with Gasteiger partial charge in [0.25, 0.3) is 5.88 Å². The second kappa shape index (κ2) is 3.61. The van der Waals surface area contributed by atoms with E-state index in [0.717, 1.165) is 5.56 Å². The average Bonchev–Trinajstić information content (AvgIpc) is 2.33. The monoisotopic (exact) mass is 169 g/mol. The van der Waals surface area contributed by atoms with Crippen molar-refractivity contribution in [1.82, 2.24) is 5.16 Å². The zero-order chi connectivity index (χ0) is 9.14. The summed E-state index contributed by atoms with van der Waals surface area (Å²) in [6.07, 6.45) is 1.79. The Labute approximate surface area is 72.7 Å². The maximum absolute atomic E-state index is 5.44. The third-order valence-corrected chi connectivity index (χ3v) is 1.53. The van der Waals surface area contributed by atoms with Crippen molar-refractivity contribution < 1.29 is 9.26 Å². The van der Waals surface area contributed by atoms with Gasteiger partial charge in [-0.15, -0.1) is 0 Å². The molecule has 0 atom stereocenters. The topological polar surface area (TPSA) is 35.3 Å². The van der Waals surface area contributed by atoms with Crippen LogP contribution in [0.25, 0.3) is 0 Å². The van der Waals surface area contributed by atoms with Crippen LogP contribution in [-0.2, 0) is 0 Å². The minimum Gasteiger partial charge on any atom is -0.473 e. The molecule has 1 rings (SSSR count). The SMILES string of the molecule is CC(C)Oc1nocc1C(C)C. The molecule has 0 unspecified atom stereocenters. The quantitative estimate of drug-likeness (QED) is 0.697. The van der Waals surface area contributed by atoms with Crippen molar-refractivity contribution in [3.63, 3.8) is 0 Å². The highest BCUT2D eigenvalue weighted by molar-refractivity contribution is 5.24. The maximum Gasteiger partial charge on any atom is 0.257 e. The number of rotatable bonds is 3. The molecular weight excluding hydrogens is 154 g/mol. The predicted octanol–water partition coefficient (Wildman–Crippen LogP) is 2.59. The number of ether oxygens (including phenoxy) is 1. The third-order valence-electron chi connectivity index (χ3n) is 1.53. The second-order valence-electron chi connectivity index (χ2n) is 3.40. The van der Waals surface area contributed by atoms with Crippen molar-refractivity contribution in [2.45, 2.75) is 39.7 Å². The molecule has 0 radical (unpaired) electrons. The molecule has 3 nitrogen and oxygen atoms in total. The Kier molecular flexibility index (Phi) is 2.74. The summed E-state index contributed by atoms with van der Waals surface area (Å²) in [4.78, 5) is 0. The molecule has 12 heavy (non-hydrogen) atoms. The average molecular weight is 169 g/mol. The molecule has 0 aliphatic heterocycles. The van der Waals surface area contributed by atoms with Crippen LogP contribution in [0.2, 0.25) is 0 Å². The molecule has 0 bridgehead atoms. The van der Waals surface area contributed by atoms with Gasteiger partial charge in [-0.3, -0.25) is 0 Å². The third kappa shape index (κ3) is 2.00. The smallest absolute Gasteiger partial charge is 0.257 e. The van der Waals surface area contributed by atoms with Gasteiger partial charge in [-0.2, -0.15) is 0 Å². The lowest BCUT2D eigenvalue weighted by Crippen LogP contribution is -2.07. The van der Waals surface area contributed by atoms with E-state index in [9.17, 15) is 0 Å². The van der Waals surface area contributed by atoms with Gasteiger partial charge in [0.05, 0.1) is 11.7 Å². The Morgan fingerprint density at radius 1 is 1.33 bits per heavy atom. The summed E-state index contributed by atoms with van der Waals surface area (Å²) in [5.74, 6) is 1.02.